The molecule has 0 saturated carbocycles. The van der Waals surface area contributed by atoms with E-state index in [0.29, 0.717) is 15.9 Å². The summed E-state index contributed by atoms with van der Waals surface area (Å²) < 4.78 is 13.6. The lowest BCUT2D eigenvalue weighted by atomic mass is 10.3. The topological polar surface area (TPSA) is 95.8 Å². The van der Waals surface area contributed by atoms with E-state index < -0.39 is 17.6 Å². The molecule has 4 rings (SSSR count). The molecular formula is C19H15N3O5S. The van der Waals surface area contributed by atoms with Gasteiger partial charge in [0.1, 0.15) is 13.1 Å². The molecule has 0 spiro atoms. The average molecular weight is 397 g/mol. The smallest absolute Gasteiger partial charge is 0.420 e. The zero-order valence-corrected chi connectivity index (χ0v) is 15.6. The highest BCUT2D eigenvalue weighted by Gasteiger charge is 2.14. The minimum absolute atomic E-state index is 0.0682. The summed E-state index contributed by atoms with van der Waals surface area (Å²) in [6, 6.07) is 14.3. The number of methoxy groups -OCH3 is 1. The molecular weight excluding hydrogens is 382 g/mol. The van der Waals surface area contributed by atoms with Gasteiger partial charge in [0.2, 0.25) is 0 Å². The molecule has 2 aromatic carbocycles. The van der Waals surface area contributed by atoms with Gasteiger partial charge in [-0.1, -0.05) is 35.6 Å². The lowest BCUT2D eigenvalue weighted by molar-refractivity contribution is -0.141. The molecule has 2 heterocycles. The SMILES string of the molecule is COC(=O)Cn1c(=NC(=O)Cn2c(=O)oc3ccccc32)sc2ccccc21. The molecule has 8 nitrogen and oxygen atoms in total. The lowest BCUT2D eigenvalue weighted by Crippen LogP contribution is -2.24. The number of fused-ring (bicyclic) bond motifs is 2. The Labute approximate surface area is 161 Å². The van der Waals surface area contributed by atoms with Gasteiger partial charge in [0.15, 0.2) is 10.4 Å². The van der Waals surface area contributed by atoms with Crippen LogP contribution in [0.2, 0.25) is 0 Å². The summed E-state index contributed by atoms with van der Waals surface area (Å²) in [7, 11) is 1.30. The summed E-state index contributed by atoms with van der Waals surface area (Å²) in [5.74, 6) is -1.60. The first kappa shape index (κ1) is 17.9. The van der Waals surface area contributed by atoms with Crippen LogP contribution in [-0.4, -0.2) is 28.1 Å². The average Bonchev–Trinajstić information content (AvgIpc) is 3.19. The molecule has 2 aromatic heterocycles. The minimum atomic E-state index is -0.622. The van der Waals surface area contributed by atoms with Crippen LogP contribution in [0.5, 0.6) is 0 Å². The van der Waals surface area contributed by atoms with E-state index in [0.717, 1.165) is 10.2 Å². The molecule has 0 aliphatic heterocycles. The molecule has 0 aliphatic carbocycles. The van der Waals surface area contributed by atoms with E-state index in [-0.39, 0.29) is 13.1 Å². The quantitative estimate of drug-likeness (QED) is 0.490. The largest absolute Gasteiger partial charge is 0.468 e. The van der Waals surface area contributed by atoms with Crippen LogP contribution in [0.1, 0.15) is 0 Å². The number of nitrogens with zero attached hydrogens (tertiary/aromatic N) is 3. The summed E-state index contributed by atoms with van der Waals surface area (Å²) in [6.45, 7) is -0.330. The Bertz CT molecular complexity index is 1320. The van der Waals surface area contributed by atoms with Gasteiger partial charge < -0.3 is 13.7 Å². The summed E-state index contributed by atoms with van der Waals surface area (Å²) in [5.41, 5.74) is 1.70. The molecule has 0 radical (unpaired) electrons. The molecule has 0 saturated heterocycles. The zero-order valence-electron chi connectivity index (χ0n) is 14.8. The third-order valence-electron chi connectivity index (χ3n) is 4.19. The molecule has 0 atom stereocenters. The number of oxazole rings is 1. The van der Waals surface area contributed by atoms with Crippen molar-refractivity contribution < 1.29 is 18.7 Å². The second kappa shape index (κ2) is 7.28. The zero-order chi connectivity index (χ0) is 19.7. The number of esters is 1. The summed E-state index contributed by atoms with van der Waals surface area (Å²) in [5, 5.41) is 0. The van der Waals surface area contributed by atoms with Gasteiger partial charge in [-0.05, 0) is 24.3 Å². The highest BCUT2D eigenvalue weighted by atomic mass is 32.1. The number of ether oxygens (including phenoxy) is 1. The Kier molecular flexibility index (Phi) is 4.66. The van der Waals surface area contributed by atoms with Crippen LogP contribution in [-0.2, 0) is 27.4 Å². The molecule has 142 valence electrons. The standard InChI is InChI=1S/C19H15N3O5S/c1-26-17(24)11-21-13-7-3-5-9-15(13)28-18(21)20-16(23)10-22-12-6-2-4-8-14(12)27-19(22)25/h2-9H,10-11H2,1H3. The van der Waals surface area contributed by atoms with Crippen molar-refractivity contribution in [2.45, 2.75) is 13.1 Å². The Morgan fingerprint density at radius 2 is 1.75 bits per heavy atom. The Balaban J connectivity index is 1.75. The lowest BCUT2D eigenvalue weighted by Gasteiger charge is -2.03. The van der Waals surface area contributed by atoms with Crippen LogP contribution in [0, 0.1) is 0 Å². The van der Waals surface area contributed by atoms with Crippen molar-refractivity contribution in [3.8, 4) is 0 Å². The van der Waals surface area contributed by atoms with E-state index >= 15 is 0 Å². The molecule has 28 heavy (non-hydrogen) atoms. The van der Waals surface area contributed by atoms with Crippen LogP contribution >= 0.6 is 11.3 Å². The molecule has 0 bridgehead atoms. The summed E-state index contributed by atoms with van der Waals surface area (Å²) >= 11 is 1.28. The van der Waals surface area contributed by atoms with Gasteiger partial charge in [-0.25, -0.2) is 4.79 Å². The fraction of sp³-hybridized carbons (Fsp3) is 0.158. The highest BCUT2D eigenvalue weighted by molar-refractivity contribution is 7.16. The number of hydrogen-bond acceptors (Lipinski definition) is 6. The number of para-hydroxylation sites is 3. The molecule has 0 aliphatic rings. The Hall–Kier alpha value is -3.46. The molecule has 0 N–H and O–H groups in total. The van der Waals surface area contributed by atoms with Gasteiger partial charge in [-0.15, -0.1) is 0 Å². The van der Waals surface area contributed by atoms with Crippen molar-refractivity contribution in [1.82, 2.24) is 9.13 Å². The molecule has 0 fully saturated rings. The van der Waals surface area contributed by atoms with Crippen molar-refractivity contribution in [3.63, 3.8) is 0 Å². The van der Waals surface area contributed by atoms with Gasteiger partial charge in [0, 0.05) is 0 Å². The molecule has 9 heteroatoms. The predicted octanol–water partition coefficient (Wildman–Crippen LogP) is 1.91. The maximum atomic E-state index is 12.6. The first-order chi connectivity index (χ1) is 13.6. The summed E-state index contributed by atoms with van der Waals surface area (Å²) in [4.78, 5) is 40.9. The van der Waals surface area contributed by atoms with Crippen LogP contribution in [0.4, 0.5) is 0 Å². The van der Waals surface area contributed by atoms with Crippen LogP contribution in [0.3, 0.4) is 0 Å². The van der Waals surface area contributed by atoms with E-state index in [9.17, 15) is 14.4 Å². The fourth-order valence-electron chi connectivity index (χ4n) is 2.89. The van der Waals surface area contributed by atoms with Gasteiger partial charge in [-0.2, -0.15) is 4.99 Å². The van der Waals surface area contributed by atoms with Gasteiger partial charge in [0.25, 0.3) is 5.91 Å². The van der Waals surface area contributed by atoms with Crippen molar-refractivity contribution in [2.75, 3.05) is 7.11 Å². The van der Waals surface area contributed by atoms with Crippen molar-refractivity contribution in [2.24, 2.45) is 4.99 Å². The van der Waals surface area contributed by atoms with E-state index in [4.69, 9.17) is 9.15 Å². The number of thiazole rings is 1. The predicted molar refractivity (Wildman–Crippen MR) is 103 cm³/mol. The number of hydrogen-bond donors (Lipinski definition) is 0. The first-order valence-corrected chi connectivity index (χ1v) is 9.19. The van der Waals surface area contributed by atoms with Gasteiger partial charge in [0.05, 0.1) is 22.8 Å². The molecule has 1 amide bonds. The fourth-order valence-corrected chi connectivity index (χ4v) is 3.94. The number of aromatic nitrogens is 2. The van der Waals surface area contributed by atoms with E-state index in [1.807, 2.05) is 24.3 Å². The second-order valence-corrected chi connectivity index (χ2v) is 6.95. The first-order valence-electron chi connectivity index (χ1n) is 8.38. The van der Waals surface area contributed by atoms with Crippen LogP contribution in [0.15, 0.2) is 62.7 Å². The van der Waals surface area contributed by atoms with E-state index in [1.54, 1.807) is 28.8 Å². The van der Waals surface area contributed by atoms with Crippen molar-refractivity contribution in [3.05, 3.63) is 63.9 Å². The normalized spacial score (nSPS) is 12.0. The summed E-state index contributed by atoms with van der Waals surface area (Å²) in [6.07, 6.45) is 0. The maximum Gasteiger partial charge on any atom is 0.420 e. The van der Waals surface area contributed by atoms with E-state index in [1.165, 1.54) is 23.0 Å². The third kappa shape index (κ3) is 3.27. The van der Waals surface area contributed by atoms with Crippen LogP contribution < -0.4 is 10.6 Å². The van der Waals surface area contributed by atoms with Crippen LogP contribution in [0.25, 0.3) is 21.3 Å². The number of carbonyl (C=O) groups is 2. The minimum Gasteiger partial charge on any atom is -0.468 e. The number of benzene rings is 2. The van der Waals surface area contributed by atoms with Gasteiger partial charge >= 0.3 is 11.7 Å². The Morgan fingerprint density at radius 3 is 2.54 bits per heavy atom. The van der Waals surface area contributed by atoms with Crippen molar-refractivity contribution >= 4 is 44.5 Å². The van der Waals surface area contributed by atoms with Gasteiger partial charge in [-0.3, -0.25) is 14.2 Å². The second-order valence-electron chi connectivity index (χ2n) is 5.94. The van der Waals surface area contributed by atoms with E-state index in [2.05, 4.69) is 4.99 Å². The monoisotopic (exact) mass is 397 g/mol. The third-order valence-corrected chi connectivity index (χ3v) is 5.25. The number of amides is 1. The maximum absolute atomic E-state index is 12.6. The number of rotatable bonds is 4. The van der Waals surface area contributed by atoms with Crippen molar-refractivity contribution in [1.29, 1.82) is 0 Å². The Morgan fingerprint density at radius 1 is 1.04 bits per heavy atom. The number of carbonyl (C=O) groups excluding carboxylic acids is 2. The molecule has 4 aromatic rings. The molecule has 0 unspecified atom stereocenters. The highest BCUT2D eigenvalue weighted by Crippen LogP contribution is 2.17.